The average molecular weight is 448 g/mol. The summed E-state index contributed by atoms with van der Waals surface area (Å²) in [6, 6.07) is 18.4. The van der Waals surface area contributed by atoms with Crippen molar-refractivity contribution < 1.29 is 0 Å². The lowest BCUT2D eigenvalue weighted by Gasteiger charge is -2.25. The van der Waals surface area contributed by atoms with Crippen molar-refractivity contribution >= 4 is 45.3 Å². The molecule has 2 aromatic carbocycles. The monoisotopic (exact) mass is 447 g/mol. The third-order valence-electron chi connectivity index (χ3n) is 5.23. The first-order valence-electron chi connectivity index (χ1n) is 10.2. The van der Waals surface area contributed by atoms with E-state index in [1.807, 2.05) is 42.2 Å². The number of nitrogens with one attached hydrogen (secondary N) is 2. The van der Waals surface area contributed by atoms with Gasteiger partial charge in [0, 0.05) is 27.0 Å². The van der Waals surface area contributed by atoms with E-state index in [-0.39, 0.29) is 5.56 Å². The van der Waals surface area contributed by atoms with E-state index in [0.29, 0.717) is 23.8 Å². The number of benzene rings is 2. The van der Waals surface area contributed by atoms with Crippen molar-refractivity contribution in [3.63, 3.8) is 0 Å². The zero-order valence-electron chi connectivity index (χ0n) is 17.9. The summed E-state index contributed by atoms with van der Waals surface area (Å²) in [4.78, 5) is 19.2. The largest absolute Gasteiger partial charge is 0.339 e. The van der Waals surface area contributed by atoms with E-state index in [9.17, 15) is 4.79 Å². The summed E-state index contributed by atoms with van der Waals surface area (Å²) in [5.74, 6) is 0. The number of aromatic nitrogens is 1. The molecule has 2 heterocycles. The summed E-state index contributed by atoms with van der Waals surface area (Å²) < 4.78 is 0. The first-order chi connectivity index (χ1) is 14.9. The molecule has 0 radical (unpaired) electrons. The molecule has 0 saturated heterocycles. The van der Waals surface area contributed by atoms with Crippen LogP contribution < -0.4 is 10.9 Å². The van der Waals surface area contributed by atoms with E-state index < -0.39 is 0 Å². The van der Waals surface area contributed by atoms with Crippen LogP contribution >= 0.6 is 23.6 Å². The van der Waals surface area contributed by atoms with Gasteiger partial charge in [-0.1, -0.05) is 24.3 Å². The van der Waals surface area contributed by atoms with Crippen LogP contribution in [0.2, 0.25) is 0 Å². The number of aryl methyl sites for hydroxylation is 3. The zero-order valence-corrected chi connectivity index (χ0v) is 19.5. The zero-order chi connectivity index (χ0) is 22.0. The van der Waals surface area contributed by atoms with Crippen molar-refractivity contribution in [3.8, 4) is 0 Å². The number of hydrogen-bond acceptors (Lipinski definition) is 3. The Kier molecular flexibility index (Phi) is 6.20. The number of H-pyrrole nitrogens is 1. The van der Waals surface area contributed by atoms with Gasteiger partial charge in [-0.3, -0.25) is 4.79 Å². The summed E-state index contributed by atoms with van der Waals surface area (Å²) in [5, 5.41) is 7.06. The van der Waals surface area contributed by atoms with Crippen molar-refractivity contribution in [1.82, 2.24) is 9.88 Å². The van der Waals surface area contributed by atoms with E-state index in [1.165, 1.54) is 4.88 Å². The van der Waals surface area contributed by atoms with Gasteiger partial charge in [0.1, 0.15) is 0 Å². The fourth-order valence-electron chi connectivity index (χ4n) is 3.75. The average Bonchev–Trinajstić information content (AvgIpc) is 3.21. The number of hydrogen-bond donors (Lipinski definition) is 2. The highest BCUT2D eigenvalue weighted by atomic mass is 32.1. The molecule has 31 heavy (non-hydrogen) atoms. The predicted molar refractivity (Wildman–Crippen MR) is 135 cm³/mol. The molecule has 0 saturated carbocycles. The number of aromatic amines is 1. The van der Waals surface area contributed by atoms with Crippen LogP contribution in [0.25, 0.3) is 10.9 Å². The molecular formula is C25H25N3OS2. The van der Waals surface area contributed by atoms with Crippen LogP contribution in [-0.4, -0.2) is 15.0 Å². The number of fused-ring (bicyclic) bond motifs is 1. The lowest BCUT2D eigenvalue weighted by Crippen LogP contribution is -2.35. The normalized spacial score (nSPS) is 10.9. The summed E-state index contributed by atoms with van der Waals surface area (Å²) in [7, 11) is 0. The van der Waals surface area contributed by atoms with Gasteiger partial charge in [-0.05, 0) is 85.4 Å². The fourth-order valence-corrected chi connectivity index (χ4v) is 4.72. The Morgan fingerprint density at radius 1 is 1.03 bits per heavy atom. The van der Waals surface area contributed by atoms with Gasteiger partial charge in [0.2, 0.25) is 0 Å². The minimum atomic E-state index is -0.0768. The molecule has 0 spiro atoms. The Hall–Kier alpha value is -2.96. The first-order valence-corrected chi connectivity index (χ1v) is 11.5. The molecule has 2 aromatic heterocycles. The third kappa shape index (κ3) is 5.03. The van der Waals surface area contributed by atoms with Crippen LogP contribution in [0.15, 0.2) is 64.8 Å². The lowest BCUT2D eigenvalue weighted by atomic mass is 10.0. The molecule has 0 atom stereocenters. The maximum absolute atomic E-state index is 12.9. The van der Waals surface area contributed by atoms with Gasteiger partial charge in [-0.15, -0.1) is 11.3 Å². The maximum Gasteiger partial charge on any atom is 0.253 e. The van der Waals surface area contributed by atoms with Crippen molar-refractivity contribution in [3.05, 3.63) is 97.5 Å². The summed E-state index contributed by atoms with van der Waals surface area (Å²) in [6.07, 6.45) is 0. The van der Waals surface area contributed by atoms with Crippen LogP contribution in [0.5, 0.6) is 0 Å². The van der Waals surface area contributed by atoms with Gasteiger partial charge >= 0.3 is 0 Å². The quantitative estimate of drug-likeness (QED) is 0.373. The summed E-state index contributed by atoms with van der Waals surface area (Å²) in [5.41, 5.74) is 5.89. The second-order valence-corrected chi connectivity index (χ2v) is 9.32. The van der Waals surface area contributed by atoms with Gasteiger partial charge in [0.05, 0.1) is 13.1 Å². The van der Waals surface area contributed by atoms with Gasteiger partial charge in [0.15, 0.2) is 5.11 Å². The van der Waals surface area contributed by atoms with Crippen molar-refractivity contribution in [1.29, 1.82) is 0 Å². The molecule has 4 aromatic rings. The van der Waals surface area contributed by atoms with E-state index in [2.05, 4.69) is 53.8 Å². The van der Waals surface area contributed by atoms with E-state index in [0.717, 1.165) is 33.3 Å². The molecule has 0 aliphatic rings. The molecule has 4 rings (SSSR count). The van der Waals surface area contributed by atoms with Crippen LogP contribution in [0.1, 0.15) is 27.1 Å². The molecule has 0 unspecified atom stereocenters. The topological polar surface area (TPSA) is 48.1 Å². The number of nitrogens with zero attached hydrogens (tertiary/aromatic N) is 1. The molecule has 0 fully saturated rings. The van der Waals surface area contributed by atoms with Crippen LogP contribution in [0.3, 0.4) is 0 Å². The van der Waals surface area contributed by atoms with E-state index in [4.69, 9.17) is 12.2 Å². The molecule has 0 aliphatic carbocycles. The second-order valence-electron chi connectivity index (χ2n) is 7.90. The Morgan fingerprint density at radius 2 is 1.87 bits per heavy atom. The SMILES string of the molecule is Cc1cccc(NC(=S)N(Cc2cccs2)Cc2cc3c(C)cc(C)cc3[nH]c2=O)c1. The minimum absolute atomic E-state index is 0.0768. The highest BCUT2D eigenvalue weighted by Gasteiger charge is 2.15. The fraction of sp³-hybridized carbons (Fsp3) is 0.200. The number of thiocarbonyl (C=S) groups is 1. The highest BCUT2D eigenvalue weighted by Crippen LogP contribution is 2.21. The maximum atomic E-state index is 12.9. The smallest absolute Gasteiger partial charge is 0.253 e. The minimum Gasteiger partial charge on any atom is -0.339 e. The van der Waals surface area contributed by atoms with E-state index >= 15 is 0 Å². The molecule has 2 N–H and O–H groups in total. The third-order valence-corrected chi connectivity index (χ3v) is 6.46. The number of thiophene rings is 1. The van der Waals surface area contributed by atoms with Crippen LogP contribution in [0.4, 0.5) is 5.69 Å². The van der Waals surface area contributed by atoms with Crippen molar-refractivity contribution in [2.45, 2.75) is 33.9 Å². The Balaban J connectivity index is 1.66. The van der Waals surface area contributed by atoms with Gasteiger partial charge in [-0.2, -0.15) is 0 Å². The Labute approximate surface area is 191 Å². The van der Waals surface area contributed by atoms with Gasteiger partial charge < -0.3 is 15.2 Å². The molecule has 6 heteroatoms. The Morgan fingerprint density at radius 3 is 2.61 bits per heavy atom. The molecular weight excluding hydrogens is 422 g/mol. The van der Waals surface area contributed by atoms with Gasteiger partial charge in [0.25, 0.3) is 5.56 Å². The molecule has 158 valence electrons. The highest BCUT2D eigenvalue weighted by molar-refractivity contribution is 7.80. The second kappa shape index (κ2) is 9.04. The standard InChI is InChI=1S/C25H25N3OS2/c1-16-6-4-7-20(11-16)26-25(30)28(15-21-8-5-9-31-21)14-19-13-22-18(3)10-17(2)12-23(22)27-24(19)29/h4-13H,14-15H2,1-3H3,(H,26,30)(H,27,29). The van der Waals surface area contributed by atoms with Crippen molar-refractivity contribution in [2.24, 2.45) is 0 Å². The number of anilines is 1. The molecule has 0 amide bonds. The lowest BCUT2D eigenvalue weighted by molar-refractivity contribution is 0.415. The Bertz CT molecular complexity index is 1290. The predicted octanol–water partition coefficient (Wildman–Crippen LogP) is 5.91. The first kappa shape index (κ1) is 21.3. The van der Waals surface area contributed by atoms with Gasteiger partial charge in [-0.25, -0.2) is 0 Å². The molecule has 0 aliphatic heterocycles. The van der Waals surface area contributed by atoms with Crippen LogP contribution in [-0.2, 0) is 13.1 Å². The number of pyridine rings is 1. The summed E-state index contributed by atoms with van der Waals surface area (Å²) >= 11 is 7.45. The summed E-state index contributed by atoms with van der Waals surface area (Å²) in [6.45, 7) is 7.23. The molecule has 4 nitrogen and oxygen atoms in total. The van der Waals surface area contributed by atoms with Crippen LogP contribution in [0, 0.1) is 20.8 Å². The van der Waals surface area contributed by atoms with E-state index in [1.54, 1.807) is 11.3 Å². The molecule has 0 bridgehead atoms. The van der Waals surface area contributed by atoms with Crippen molar-refractivity contribution in [2.75, 3.05) is 5.32 Å². The number of rotatable bonds is 5.